The van der Waals surface area contributed by atoms with E-state index in [-0.39, 0.29) is 10.6 Å². The number of anilines is 1. The smallest absolute Gasteiger partial charge is 0.280 e. The van der Waals surface area contributed by atoms with Gasteiger partial charge in [-0.3, -0.25) is 4.72 Å². The van der Waals surface area contributed by atoms with Crippen molar-refractivity contribution in [3.05, 3.63) is 59.9 Å². The first kappa shape index (κ1) is 15.3. The van der Waals surface area contributed by atoms with Crippen molar-refractivity contribution in [3.8, 4) is 0 Å². The average molecular weight is 319 g/mol. The summed E-state index contributed by atoms with van der Waals surface area (Å²) in [7, 11) is -4.08. The molecule has 0 aromatic heterocycles. The number of nitrogens with one attached hydrogen (secondary N) is 1. The molecule has 0 atom stereocenters. The van der Waals surface area contributed by atoms with Crippen molar-refractivity contribution in [1.29, 1.82) is 0 Å². The molecule has 0 aliphatic heterocycles. The van der Waals surface area contributed by atoms with Gasteiger partial charge in [0.2, 0.25) is 0 Å². The van der Waals surface area contributed by atoms with Crippen LogP contribution in [-0.4, -0.2) is 8.42 Å². The van der Waals surface area contributed by atoms with Gasteiger partial charge in [-0.05, 0) is 42.5 Å². The third kappa shape index (κ3) is 3.72. The Morgan fingerprint density at radius 2 is 1.57 bits per heavy atom. The third-order valence-electron chi connectivity index (χ3n) is 2.57. The van der Waals surface area contributed by atoms with E-state index in [0.29, 0.717) is 12.1 Å². The fraction of sp³-hybridized carbons (Fsp3) is 0.0769. The Labute approximate surface area is 118 Å². The predicted molar refractivity (Wildman–Crippen MR) is 68.7 cm³/mol. The molecule has 0 amide bonds. The summed E-state index contributed by atoms with van der Waals surface area (Å²) in [5.74, 6) is -0.636. The lowest BCUT2D eigenvalue weighted by Crippen LogP contribution is -2.13. The molecule has 2 aromatic carbocycles. The maximum atomic E-state index is 13.0. The van der Waals surface area contributed by atoms with E-state index in [0.717, 1.165) is 24.3 Å². The zero-order valence-corrected chi connectivity index (χ0v) is 11.2. The van der Waals surface area contributed by atoms with E-state index in [1.165, 1.54) is 12.1 Å². The molecule has 0 spiro atoms. The molecule has 0 bridgehead atoms. The Balaban J connectivity index is 2.28. The number of sulfonamides is 1. The first-order valence-corrected chi connectivity index (χ1v) is 7.12. The van der Waals surface area contributed by atoms with Crippen molar-refractivity contribution in [1.82, 2.24) is 0 Å². The SMILES string of the molecule is O=S(=O)(Nc1cccc(F)c1)c1ccc(C(F)(F)F)cc1. The van der Waals surface area contributed by atoms with Crippen LogP contribution in [0.5, 0.6) is 0 Å². The van der Waals surface area contributed by atoms with Gasteiger partial charge in [0.1, 0.15) is 5.82 Å². The summed E-state index contributed by atoms with van der Waals surface area (Å²) >= 11 is 0. The molecule has 112 valence electrons. The standard InChI is InChI=1S/C13H9F4NO2S/c14-10-2-1-3-11(8-10)18-21(19,20)12-6-4-9(5-7-12)13(15,16)17/h1-8,18H. The minimum absolute atomic E-state index is 0.0186. The summed E-state index contributed by atoms with van der Waals surface area (Å²) in [5.41, 5.74) is -0.970. The minimum atomic E-state index is -4.54. The van der Waals surface area contributed by atoms with Gasteiger partial charge in [-0.15, -0.1) is 0 Å². The Kier molecular flexibility index (Phi) is 3.91. The van der Waals surface area contributed by atoms with Crippen LogP contribution in [0.3, 0.4) is 0 Å². The van der Waals surface area contributed by atoms with Crippen LogP contribution >= 0.6 is 0 Å². The summed E-state index contributed by atoms with van der Waals surface area (Å²) in [5, 5.41) is 0. The van der Waals surface area contributed by atoms with Crippen LogP contribution in [0.2, 0.25) is 0 Å². The topological polar surface area (TPSA) is 46.2 Å². The van der Waals surface area contributed by atoms with Gasteiger partial charge in [-0.25, -0.2) is 12.8 Å². The second-order valence-electron chi connectivity index (χ2n) is 4.14. The maximum Gasteiger partial charge on any atom is 0.416 e. The van der Waals surface area contributed by atoms with Crippen LogP contribution in [0.4, 0.5) is 23.2 Å². The van der Waals surface area contributed by atoms with E-state index in [2.05, 4.69) is 4.72 Å². The highest BCUT2D eigenvalue weighted by Crippen LogP contribution is 2.30. The zero-order valence-electron chi connectivity index (χ0n) is 10.4. The Morgan fingerprint density at radius 1 is 0.952 bits per heavy atom. The summed E-state index contributed by atoms with van der Waals surface area (Å²) in [4.78, 5) is -0.347. The number of hydrogen-bond acceptors (Lipinski definition) is 2. The number of hydrogen-bond donors (Lipinski definition) is 1. The molecule has 2 aromatic rings. The normalized spacial score (nSPS) is 12.2. The Bertz CT molecular complexity index is 740. The fourth-order valence-electron chi connectivity index (χ4n) is 1.59. The van der Waals surface area contributed by atoms with Crippen LogP contribution in [0.1, 0.15) is 5.56 Å². The Hall–Kier alpha value is -2.09. The first-order valence-electron chi connectivity index (χ1n) is 5.64. The van der Waals surface area contributed by atoms with Gasteiger partial charge in [0.05, 0.1) is 16.1 Å². The van der Waals surface area contributed by atoms with E-state index in [4.69, 9.17) is 0 Å². The van der Waals surface area contributed by atoms with Gasteiger partial charge >= 0.3 is 6.18 Å². The van der Waals surface area contributed by atoms with Crippen molar-refractivity contribution >= 4 is 15.7 Å². The number of benzene rings is 2. The molecule has 0 aliphatic carbocycles. The van der Waals surface area contributed by atoms with Crippen LogP contribution < -0.4 is 4.72 Å². The third-order valence-corrected chi connectivity index (χ3v) is 3.97. The molecule has 0 saturated heterocycles. The van der Waals surface area contributed by atoms with E-state index in [1.807, 2.05) is 0 Å². The summed E-state index contributed by atoms with van der Waals surface area (Å²) in [6, 6.07) is 7.73. The van der Waals surface area contributed by atoms with Gasteiger partial charge in [-0.1, -0.05) is 6.07 Å². The monoisotopic (exact) mass is 319 g/mol. The predicted octanol–water partition coefficient (Wildman–Crippen LogP) is 3.65. The highest BCUT2D eigenvalue weighted by atomic mass is 32.2. The van der Waals surface area contributed by atoms with Crippen LogP contribution in [0.15, 0.2) is 53.4 Å². The van der Waals surface area contributed by atoms with Gasteiger partial charge in [-0.2, -0.15) is 13.2 Å². The first-order chi connectivity index (χ1) is 9.68. The second-order valence-corrected chi connectivity index (χ2v) is 5.82. The van der Waals surface area contributed by atoms with Crippen molar-refractivity contribution in [2.24, 2.45) is 0 Å². The Morgan fingerprint density at radius 3 is 2.10 bits per heavy atom. The molecular weight excluding hydrogens is 310 g/mol. The molecule has 0 heterocycles. The van der Waals surface area contributed by atoms with E-state index in [9.17, 15) is 26.0 Å². The van der Waals surface area contributed by atoms with Crippen LogP contribution in [-0.2, 0) is 16.2 Å². The lowest BCUT2D eigenvalue weighted by molar-refractivity contribution is -0.137. The molecule has 2 rings (SSSR count). The molecule has 0 saturated carbocycles. The molecule has 8 heteroatoms. The highest BCUT2D eigenvalue weighted by molar-refractivity contribution is 7.92. The van der Waals surface area contributed by atoms with Gasteiger partial charge < -0.3 is 0 Å². The number of halogens is 4. The molecule has 0 aliphatic rings. The summed E-state index contributed by atoms with van der Waals surface area (Å²) < 4.78 is 76.2. The van der Waals surface area contributed by atoms with Crippen molar-refractivity contribution in [3.63, 3.8) is 0 Å². The minimum Gasteiger partial charge on any atom is -0.280 e. The van der Waals surface area contributed by atoms with E-state index >= 15 is 0 Å². The average Bonchev–Trinajstić information content (AvgIpc) is 2.37. The summed E-state index contributed by atoms with van der Waals surface area (Å²) in [6.45, 7) is 0. The molecule has 0 fully saturated rings. The molecular formula is C13H9F4NO2S. The lowest BCUT2D eigenvalue weighted by Gasteiger charge is -2.10. The van der Waals surface area contributed by atoms with Crippen LogP contribution in [0.25, 0.3) is 0 Å². The maximum absolute atomic E-state index is 13.0. The largest absolute Gasteiger partial charge is 0.416 e. The van der Waals surface area contributed by atoms with E-state index < -0.39 is 27.6 Å². The van der Waals surface area contributed by atoms with E-state index in [1.54, 1.807) is 0 Å². The quantitative estimate of drug-likeness (QED) is 0.878. The lowest BCUT2D eigenvalue weighted by atomic mass is 10.2. The molecule has 0 unspecified atom stereocenters. The molecule has 21 heavy (non-hydrogen) atoms. The van der Waals surface area contributed by atoms with Gasteiger partial charge in [0.15, 0.2) is 0 Å². The number of rotatable bonds is 3. The van der Waals surface area contributed by atoms with Crippen molar-refractivity contribution in [2.75, 3.05) is 4.72 Å². The molecule has 0 radical (unpaired) electrons. The van der Waals surface area contributed by atoms with Crippen molar-refractivity contribution in [2.45, 2.75) is 11.1 Å². The van der Waals surface area contributed by atoms with Crippen molar-refractivity contribution < 1.29 is 26.0 Å². The highest BCUT2D eigenvalue weighted by Gasteiger charge is 2.30. The van der Waals surface area contributed by atoms with Crippen LogP contribution in [0, 0.1) is 5.82 Å². The van der Waals surface area contributed by atoms with Gasteiger partial charge in [0, 0.05) is 0 Å². The molecule has 3 nitrogen and oxygen atoms in total. The number of alkyl halides is 3. The second kappa shape index (κ2) is 5.36. The summed E-state index contributed by atoms with van der Waals surface area (Å²) in [6.07, 6.45) is -4.54. The zero-order chi connectivity index (χ0) is 15.7. The van der Waals surface area contributed by atoms with Gasteiger partial charge in [0.25, 0.3) is 10.0 Å². The fourth-order valence-corrected chi connectivity index (χ4v) is 2.64. The molecule has 1 N–H and O–H groups in total.